The number of ether oxygens (including phenoxy) is 2. The molecular weight excluding hydrogens is 548 g/mol. The fourth-order valence-electron chi connectivity index (χ4n) is 5.09. The highest BCUT2D eigenvalue weighted by Gasteiger charge is 2.35. The van der Waals surface area contributed by atoms with E-state index in [-0.39, 0.29) is 18.3 Å². The number of carbonyl (C=O) groups excluding carboxylic acids is 3. The fraction of sp³-hybridized carbons (Fsp3) is 0.375. The Hall–Kier alpha value is -4.80. The molecule has 0 unspecified atom stereocenters. The summed E-state index contributed by atoms with van der Waals surface area (Å²) in [5, 5.41) is 8.24. The molecule has 11 nitrogen and oxygen atoms in total. The lowest BCUT2D eigenvalue weighted by Gasteiger charge is -2.30. The Labute approximate surface area is 251 Å². The van der Waals surface area contributed by atoms with Crippen molar-refractivity contribution in [2.24, 2.45) is 16.7 Å². The molecule has 1 aliphatic rings. The number of rotatable bonds is 7. The van der Waals surface area contributed by atoms with Crippen molar-refractivity contribution in [2.45, 2.75) is 64.8 Å². The van der Waals surface area contributed by atoms with Crippen LogP contribution in [0.1, 0.15) is 50.8 Å². The van der Waals surface area contributed by atoms with Gasteiger partial charge in [0, 0.05) is 23.9 Å². The molecule has 5 N–H and O–H groups in total. The monoisotopic (exact) mass is 588 g/mol. The molecule has 0 spiro atoms. The summed E-state index contributed by atoms with van der Waals surface area (Å²) in [7, 11) is 3.09. The summed E-state index contributed by atoms with van der Waals surface area (Å²) in [5.74, 6) is 5.50. The highest BCUT2D eigenvalue weighted by Crippen LogP contribution is 2.34. The molecule has 2 atom stereocenters. The van der Waals surface area contributed by atoms with Crippen LogP contribution in [0.2, 0.25) is 0 Å². The molecule has 228 valence electrons. The van der Waals surface area contributed by atoms with Crippen LogP contribution in [0.25, 0.3) is 10.8 Å². The first-order valence-corrected chi connectivity index (χ1v) is 14.1. The zero-order valence-corrected chi connectivity index (χ0v) is 25.5. The van der Waals surface area contributed by atoms with Crippen molar-refractivity contribution in [3.05, 3.63) is 71.3 Å². The summed E-state index contributed by atoms with van der Waals surface area (Å²) < 4.78 is 11.1. The largest absolute Gasteiger partial charge is 0.496 e. The van der Waals surface area contributed by atoms with Crippen LogP contribution in [0.3, 0.4) is 0 Å². The van der Waals surface area contributed by atoms with E-state index in [1.54, 1.807) is 39.7 Å². The second kappa shape index (κ2) is 12.6. The number of anilines is 1. The second-order valence-electron chi connectivity index (χ2n) is 11.6. The third-order valence-electron chi connectivity index (χ3n) is 7.57. The number of aryl methyl sites for hydroxylation is 1. The molecule has 1 heterocycles. The lowest BCUT2D eigenvalue weighted by molar-refractivity contribution is -0.130. The molecule has 43 heavy (non-hydrogen) atoms. The Bertz CT molecular complexity index is 1560. The summed E-state index contributed by atoms with van der Waals surface area (Å²) in [6, 6.07) is 15.4. The van der Waals surface area contributed by atoms with Gasteiger partial charge in [-0.3, -0.25) is 14.5 Å². The van der Waals surface area contributed by atoms with Gasteiger partial charge in [0.1, 0.15) is 29.3 Å². The number of carbonyl (C=O) groups is 3. The molecule has 0 aliphatic carbocycles. The average molecular weight is 589 g/mol. The van der Waals surface area contributed by atoms with Crippen LogP contribution in [0.15, 0.2) is 59.7 Å². The standard InChI is InChI=1S/C32H40N6O5/c1-19(37(5)31(41)43-32(2,3)4)29(39)35-25-15-12-20-9-7-8-10-26(20)38(30(25)40)18-24-23-14-11-22(28(33)36-34)17-21(23)13-16-27(24)42-6/h7-11,13-14,16-17,19,25H,12,15,18,34H2,1-6H3,(H2,33,36)(H,35,39)/t19-,25-/m0/s1. The van der Waals surface area contributed by atoms with Crippen molar-refractivity contribution < 1.29 is 23.9 Å². The van der Waals surface area contributed by atoms with Crippen molar-refractivity contribution in [1.29, 1.82) is 0 Å². The number of para-hydroxylation sites is 1. The van der Waals surface area contributed by atoms with E-state index in [0.717, 1.165) is 27.6 Å². The molecule has 0 aromatic heterocycles. The number of hydrazone groups is 1. The first-order chi connectivity index (χ1) is 20.3. The molecule has 0 saturated heterocycles. The quantitative estimate of drug-likeness (QED) is 0.165. The van der Waals surface area contributed by atoms with E-state index >= 15 is 0 Å². The van der Waals surface area contributed by atoms with E-state index in [2.05, 4.69) is 10.4 Å². The van der Waals surface area contributed by atoms with Crippen molar-refractivity contribution in [1.82, 2.24) is 10.2 Å². The maximum Gasteiger partial charge on any atom is 0.410 e. The van der Waals surface area contributed by atoms with E-state index in [1.807, 2.05) is 54.6 Å². The smallest absolute Gasteiger partial charge is 0.410 e. The van der Waals surface area contributed by atoms with Gasteiger partial charge in [0.05, 0.1) is 13.7 Å². The lowest BCUT2D eigenvalue weighted by Crippen LogP contribution is -2.54. The molecule has 0 bridgehead atoms. The number of nitrogens with one attached hydrogen (secondary N) is 1. The summed E-state index contributed by atoms with van der Waals surface area (Å²) in [6.07, 6.45) is 0.351. The van der Waals surface area contributed by atoms with Gasteiger partial charge in [-0.05, 0) is 75.1 Å². The molecule has 0 radical (unpaired) electrons. The topological polar surface area (TPSA) is 153 Å². The Morgan fingerprint density at radius 1 is 1.16 bits per heavy atom. The number of amidine groups is 1. The van der Waals surface area contributed by atoms with Crippen LogP contribution < -0.4 is 26.5 Å². The number of hydrogen-bond donors (Lipinski definition) is 3. The van der Waals surface area contributed by atoms with Gasteiger partial charge in [0.25, 0.3) is 0 Å². The fourth-order valence-corrected chi connectivity index (χ4v) is 5.09. The molecule has 11 heteroatoms. The summed E-state index contributed by atoms with van der Waals surface area (Å²) in [6.45, 7) is 7.06. The Morgan fingerprint density at radius 3 is 2.56 bits per heavy atom. The zero-order chi connectivity index (χ0) is 31.5. The van der Waals surface area contributed by atoms with Gasteiger partial charge < -0.3 is 31.3 Å². The van der Waals surface area contributed by atoms with Crippen molar-refractivity contribution >= 4 is 40.2 Å². The summed E-state index contributed by atoms with van der Waals surface area (Å²) in [4.78, 5) is 43.0. The van der Waals surface area contributed by atoms with Crippen LogP contribution >= 0.6 is 0 Å². The van der Waals surface area contributed by atoms with Gasteiger partial charge in [-0.1, -0.05) is 36.4 Å². The van der Waals surface area contributed by atoms with Crippen LogP contribution in [-0.2, 0) is 27.3 Å². The zero-order valence-electron chi connectivity index (χ0n) is 25.5. The highest BCUT2D eigenvalue weighted by molar-refractivity contribution is 6.03. The third kappa shape index (κ3) is 6.82. The van der Waals surface area contributed by atoms with Crippen LogP contribution in [0.5, 0.6) is 5.75 Å². The maximum atomic E-state index is 14.2. The Morgan fingerprint density at radius 2 is 1.88 bits per heavy atom. The molecule has 3 amide bonds. The van der Waals surface area contributed by atoms with Crippen LogP contribution in [0.4, 0.5) is 10.5 Å². The summed E-state index contributed by atoms with van der Waals surface area (Å²) in [5.41, 5.74) is 8.45. The van der Waals surface area contributed by atoms with Crippen molar-refractivity contribution in [2.75, 3.05) is 19.1 Å². The minimum atomic E-state index is -0.862. The molecular formula is C32H40N6O5. The molecule has 3 aromatic carbocycles. The lowest BCUT2D eigenvalue weighted by atomic mass is 9.99. The van der Waals surface area contributed by atoms with Gasteiger partial charge in [0.2, 0.25) is 11.8 Å². The van der Waals surface area contributed by atoms with E-state index in [0.29, 0.717) is 24.2 Å². The number of hydrogen-bond acceptors (Lipinski definition) is 7. The van der Waals surface area contributed by atoms with E-state index in [1.165, 1.54) is 11.9 Å². The van der Waals surface area contributed by atoms with Gasteiger partial charge in [-0.15, -0.1) is 0 Å². The highest BCUT2D eigenvalue weighted by atomic mass is 16.6. The summed E-state index contributed by atoms with van der Waals surface area (Å²) >= 11 is 0. The number of likely N-dealkylation sites (N-methyl/N-ethyl adjacent to an activating group) is 1. The predicted molar refractivity (Wildman–Crippen MR) is 167 cm³/mol. The second-order valence-corrected chi connectivity index (χ2v) is 11.6. The number of fused-ring (bicyclic) bond motifs is 2. The van der Waals surface area contributed by atoms with Crippen LogP contribution in [0, 0.1) is 0 Å². The van der Waals surface area contributed by atoms with Gasteiger partial charge >= 0.3 is 6.09 Å². The average Bonchev–Trinajstić information content (AvgIpc) is 3.11. The van der Waals surface area contributed by atoms with E-state index in [4.69, 9.17) is 21.1 Å². The maximum absolute atomic E-state index is 14.2. The first-order valence-electron chi connectivity index (χ1n) is 14.1. The van der Waals surface area contributed by atoms with Crippen molar-refractivity contribution in [3.63, 3.8) is 0 Å². The molecule has 4 rings (SSSR count). The number of amides is 3. The van der Waals surface area contributed by atoms with Crippen molar-refractivity contribution in [3.8, 4) is 5.75 Å². The van der Waals surface area contributed by atoms with E-state index < -0.39 is 29.7 Å². The van der Waals surface area contributed by atoms with E-state index in [9.17, 15) is 14.4 Å². The number of methoxy groups -OCH3 is 1. The third-order valence-corrected chi connectivity index (χ3v) is 7.57. The normalized spacial score (nSPS) is 16.2. The number of benzene rings is 3. The number of nitrogens with two attached hydrogens (primary N) is 2. The minimum Gasteiger partial charge on any atom is -0.496 e. The first kappa shape index (κ1) is 31.1. The molecule has 1 aliphatic heterocycles. The Balaban J connectivity index is 1.67. The SMILES string of the molecule is COc1ccc2cc(C(N)=NN)ccc2c1CN1C(=O)[C@@H](NC(=O)[C@H](C)N(C)C(=O)OC(C)(C)C)CCc2ccccc21. The molecule has 3 aromatic rings. The van der Waals surface area contributed by atoms with Gasteiger partial charge in [-0.25, -0.2) is 4.79 Å². The predicted octanol–water partition coefficient (Wildman–Crippen LogP) is 3.65. The molecule has 0 fully saturated rings. The Kier molecular flexibility index (Phi) is 9.13. The van der Waals surface area contributed by atoms with Crippen LogP contribution in [-0.4, -0.2) is 60.5 Å². The minimum absolute atomic E-state index is 0.190. The number of nitrogens with zero attached hydrogens (tertiary/aromatic N) is 3. The molecule has 0 saturated carbocycles. The van der Waals surface area contributed by atoms with Gasteiger partial charge in [0.15, 0.2) is 0 Å². The van der Waals surface area contributed by atoms with Gasteiger partial charge in [-0.2, -0.15) is 5.10 Å².